The number of hydrogen-bond donors (Lipinski definition) is 0. The molecule has 27 heavy (non-hydrogen) atoms. The summed E-state index contributed by atoms with van der Waals surface area (Å²) < 4.78 is 13.8. The average Bonchev–Trinajstić information content (AvgIpc) is 3.19. The Morgan fingerprint density at radius 3 is 2.56 bits per heavy atom. The van der Waals surface area contributed by atoms with Crippen LogP contribution in [0.3, 0.4) is 0 Å². The maximum Gasteiger partial charge on any atom is 0.257 e. The molecule has 1 aromatic heterocycles. The number of carbonyl (C=O) groups excluding carboxylic acids is 2. The monoisotopic (exact) mass is 368 g/mol. The summed E-state index contributed by atoms with van der Waals surface area (Å²) in [6, 6.07) is 6.19. The van der Waals surface area contributed by atoms with E-state index in [0.29, 0.717) is 31.0 Å². The molecule has 0 radical (unpaired) electrons. The van der Waals surface area contributed by atoms with Crippen molar-refractivity contribution in [1.82, 2.24) is 19.8 Å². The second-order valence-electron chi connectivity index (χ2n) is 7.32. The molecular formula is C20H21FN4O2. The topological polar surface area (TPSA) is 66.4 Å². The number of rotatable bonds is 2. The molecule has 7 heteroatoms. The van der Waals surface area contributed by atoms with E-state index in [-0.39, 0.29) is 35.5 Å². The van der Waals surface area contributed by atoms with Crippen molar-refractivity contribution >= 4 is 11.8 Å². The van der Waals surface area contributed by atoms with Gasteiger partial charge >= 0.3 is 0 Å². The minimum absolute atomic E-state index is 0.0246. The zero-order chi connectivity index (χ0) is 19.1. The molecule has 0 aliphatic carbocycles. The van der Waals surface area contributed by atoms with E-state index >= 15 is 0 Å². The number of carbonyl (C=O) groups is 2. The molecule has 6 nitrogen and oxygen atoms in total. The van der Waals surface area contributed by atoms with Gasteiger partial charge in [-0.25, -0.2) is 14.4 Å². The molecule has 140 valence electrons. The average molecular weight is 368 g/mol. The fourth-order valence-corrected chi connectivity index (χ4v) is 4.34. The Balaban J connectivity index is 1.59. The van der Waals surface area contributed by atoms with E-state index in [1.807, 2.05) is 6.07 Å². The van der Waals surface area contributed by atoms with E-state index in [9.17, 15) is 14.0 Å². The van der Waals surface area contributed by atoms with Crippen LogP contribution >= 0.6 is 0 Å². The van der Waals surface area contributed by atoms with Crippen LogP contribution in [0.4, 0.5) is 4.39 Å². The lowest BCUT2D eigenvalue weighted by molar-refractivity contribution is -0.130. The first-order valence-corrected chi connectivity index (χ1v) is 9.04. The Morgan fingerprint density at radius 1 is 1.15 bits per heavy atom. The van der Waals surface area contributed by atoms with Gasteiger partial charge in [-0.3, -0.25) is 9.59 Å². The van der Waals surface area contributed by atoms with Gasteiger partial charge in [-0.05, 0) is 24.6 Å². The molecule has 0 saturated carbocycles. The first-order chi connectivity index (χ1) is 12.9. The smallest absolute Gasteiger partial charge is 0.257 e. The SMILES string of the molecule is CC(=O)N1C[C@H]2CN(C(=O)c3cnc(C)nc3)C[C@H]2[C@H]1c1cccc(F)c1. The zero-order valence-corrected chi connectivity index (χ0v) is 15.3. The lowest BCUT2D eigenvalue weighted by Crippen LogP contribution is -2.36. The van der Waals surface area contributed by atoms with E-state index in [4.69, 9.17) is 0 Å². The number of likely N-dealkylation sites (tertiary alicyclic amines) is 2. The van der Waals surface area contributed by atoms with Crippen LogP contribution in [-0.4, -0.2) is 51.2 Å². The van der Waals surface area contributed by atoms with Crippen LogP contribution in [0.15, 0.2) is 36.7 Å². The van der Waals surface area contributed by atoms with Crippen LogP contribution in [0, 0.1) is 24.6 Å². The fourth-order valence-electron chi connectivity index (χ4n) is 4.34. The fraction of sp³-hybridized carbons (Fsp3) is 0.400. The summed E-state index contributed by atoms with van der Waals surface area (Å²) in [5.74, 6) is 0.444. The first-order valence-electron chi connectivity index (χ1n) is 9.04. The molecular weight excluding hydrogens is 347 g/mol. The van der Waals surface area contributed by atoms with Crippen molar-refractivity contribution in [3.63, 3.8) is 0 Å². The lowest BCUT2D eigenvalue weighted by atomic mass is 9.89. The van der Waals surface area contributed by atoms with Gasteiger partial charge in [0, 0.05) is 50.8 Å². The van der Waals surface area contributed by atoms with Crippen molar-refractivity contribution < 1.29 is 14.0 Å². The minimum Gasteiger partial charge on any atom is -0.338 e. The summed E-state index contributed by atoms with van der Waals surface area (Å²) in [7, 11) is 0. The van der Waals surface area contributed by atoms with Crippen LogP contribution in [0.25, 0.3) is 0 Å². The molecule has 4 rings (SSSR count). The minimum atomic E-state index is -0.317. The Bertz CT molecular complexity index is 886. The van der Waals surface area contributed by atoms with Gasteiger partial charge in [0.15, 0.2) is 0 Å². The number of nitrogens with zero attached hydrogens (tertiary/aromatic N) is 4. The number of fused-ring (bicyclic) bond motifs is 1. The molecule has 1 aromatic carbocycles. The van der Waals surface area contributed by atoms with Crippen LogP contribution in [-0.2, 0) is 4.79 Å². The predicted molar refractivity (Wildman–Crippen MR) is 96.2 cm³/mol. The number of amides is 2. The molecule has 2 aliphatic heterocycles. The Kier molecular flexibility index (Phi) is 4.37. The maximum atomic E-state index is 13.8. The highest BCUT2D eigenvalue weighted by Crippen LogP contribution is 2.45. The molecule has 2 aromatic rings. The van der Waals surface area contributed by atoms with Gasteiger partial charge < -0.3 is 9.80 Å². The molecule has 3 atom stereocenters. The largest absolute Gasteiger partial charge is 0.338 e. The van der Waals surface area contributed by atoms with Crippen molar-refractivity contribution in [2.75, 3.05) is 19.6 Å². The molecule has 2 saturated heterocycles. The molecule has 0 unspecified atom stereocenters. The van der Waals surface area contributed by atoms with Gasteiger partial charge in [0.25, 0.3) is 5.91 Å². The van der Waals surface area contributed by atoms with E-state index in [1.54, 1.807) is 42.1 Å². The van der Waals surface area contributed by atoms with Crippen molar-refractivity contribution in [3.05, 3.63) is 59.4 Å². The maximum absolute atomic E-state index is 13.8. The summed E-state index contributed by atoms with van der Waals surface area (Å²) in [4.78, 5) is 36.8. The van der Waals surface area contributed by atoms with Crippen LogP contribution in [0.1, 0.15) is 34.7 Å². The van der Waals surface area contributed by atoms with E-state index < -0.39 is 0 Å². The second kappa shape index (κ2) is 6.72. The zero-order valence-electron chi connectivity index (χ0n) is 15.3. The quantitative estimate of drug-likeness (QED) is 0.815. The van der Waals surface area contributed by atoms with Crippen molar-refractivity contribution in [2.24, 2.45) is 11.8 Å². The van der Waals surface area contributed by atoms with Gasteiger partial charge in [0.05, 0.1) is 11.6 Å². The first kappa shape index (κ1) is 17.6. The van der Waals surface area contributed by atoms with Gasteiger partial charge in [-0.1, -0.05) is 12.1 Å². The number of benzene rings is 1. The molecule has 2 amide bonds. The van der Waals surface area contributed by atoms with Gasteiger partial charge in [0.1, 0.15) is 11.6 Å². The molecule has 3 heterocycles. The van der Waals surface area contributed by atoms with Gasteiger partial charge in [-0.2, -0.15) is 0 Å². The Morgan fingerprint density at radius 2 is 1.89 bits per heavy atom. The normalized spacial score (nSPS) is 24.2. The number of aromatic nitrogens is 2. The molecule has 2 aliphatic rings. The highest BCUT2D eigenvalue weighted by molar-refractivity contribution is 5.93. The summed E-state index contributed by atoms with van der Waals surface area (Å²) in [6.07, 6.45) is 3.09. The number of aryl methyl sites for hydroxylation is 1. The van der Waals surface area contributed by atoms with Crippen LogP contribution in [0.2, 0.25) is 0 Å². The lowest BCUT2D eigenvalue weighted by Gasteiger charge is -2.29. The third-order valence-corrected chi connectivity index (χ3v) is 5.57. The highest BCUT2D eigenvalue weighted by Gasteiger charge is 2.49. The Labute approximate surface area is 157 Å². The summed E-state index contributed by atoms with van der Waals surface area (Å²) in [5, 5.41) is 0. The van der Waals surface area contributed by atoms with Crippen molar-refractivity contribution in [3.8, 4) is 0 Å². The van der Waals surface area contributed by atoms with Crippen LogP contribution < -0.4 is 0 Å². The van der Waals surface area contributed by atoms with E-state index in [2.05, 4.69) is 9.97 Å². The number of hydrogen-bond acceptors (Lipinski definition) is 4. The van der Waals surface area contributed by atoms with Crippen molar-refractivity contribution in [1.29, 1.82) is 0 Å². The summed E-state index contributed by atoms with van der Waals surface area (Å²) in [6.45, 7) is 5.00. The molecule has 0 N–H and O–H groups in total. The summed E-state index contributed by atoms with van der Waals surface area (Å²) in [5.41, 5.74) is 1.25. The third kappa shape index (κ3) is 3.18. The predicted octanol–water partition coefficient (Wildman–Crippen LogP) is 2.22. The molecule has 0 spiro atoms. The molecule has 2 fully saturated rings. The van der Waals surface area contributed by atoms with Gasteiger partial charge in [-0.15, -0.1) is 0 Å². The number of halogens is 1. The Hall–Kier alpha value is -2.83. The van der Waals surface area contributed by atoms with E-state index in [1.165, 1.54) is 12.1 Å². The second-order valence-corrected chi connectivity index (χ2v) is 7.32. The van der Waals surface area contributed by atoms with Crippen LogP contribution in [0.5, 0.6) is 0 Å². The van der Waals surface area contributed by atoms with Gasteiger partial charge in [0.2, 0.25) is 5.91 Å². The standard InChI is InChI=1S/C20H21FN4O2/c1-12-22-7-15(8-23-12)20(27)24-9-16-10-25(13(2)26)19(18(16)11-24)14-4-3-5-17(21)6-14/h3-8,16,18-19H,9-11H2,1-2H3/t16-,18-,19-/m1/s1. The summed E-state index contributed by atoms with van der Waals surface area (Å²) >= 11 is 0. The third-order valence-electron chi connectivity index (χ3n) is 5.57. The molecule has 0 bridgehead atoms. The van der Waals surface area contributed by atoms with Crippen molar-refractivity contribution in [2.45, 2.75) is 19.9 Å². The highest BCUT2D eigenvalue weighted by atomic mass is 19.1. The van der Waals surface area contributed by atoms with E-state index in [0.717, 1.165) is 5.56 Å².